The number of aryl methyl sites for hydroxylation is 2. The van der Waals surface area contributed by atoms with Crippen LogP contribution < -0.4 is 4.90 Å². The molecular weight excluding hydrogens is 278 g/mol. The summed E-state index contributed by atoms with van der Waals surface area (Å²) in [5.74, 6) is -1.23. The highest BCUT2D eigenvalue weighted by molar-refractivity contribution is 6.08. The Labute approximate surface area is 120 Å². The molecule has 0 aliphatic carbocycles. The van der Waals surface area contributed by atoms with Crippen molar-refractivity contribution in [3.05, 3.63) is 46.3 Å². The van der Waals surface area contributed by atoms with Crippen molar-refractivity contribution < 1.29 is 18.1 Å². The fraction of sp³-hybridized carbons (Fsp3) is 0.333. The normalized spacial score (nSPS) is 14.2. The van der Waals surface area contributed by atoms with Crippen LogP contribution in [0.2, 0.25) is 0 Å². The Kier molecular flexibility index (Phi) is 3.23. The minimum Gasteiger partial charge on any atom is -0.361 e. The van der Waals surface area contributed by atoms with E-state index in [1.807, 2.05) is 0 Å². The molecule has 2 aromatic rings. The van der Waals surface area contributed by atoms with Crippen LogP contribution in [0.15, 0.2) is 16.7 Å². The molecule has 2 heterocycles. The number of rotatable bonds is 1. The zero-order chi connectivity index (χ0) is 15.1. The summed E-state index contributed by atoms with van der Waals surface area (Å²) in [6, 6.07) is 2.05. The van der Waals surface area contributed by atoms with Crippen molar-refractivity contribution >= 4 is 11.6 Å². The maximum atomic E-state index is 13.9. The molecule has 0 N–H and O–H groups in total. The summed E-state index contributed by atoms with van der Waals surface area (Å²) in [5.41, 5.74) is 1.50. The molecule has 0 atom stereocenters. The Bertz CT molecular complexity index is 705. The van der Waals surface area contributed by atoms with Crippen LogP contribution in [0.5, 0.6) is 0 Å². The maximum Gasteiger partial charge on any atom is 0.263 e. The summed E-state index contributed by atoms with van der Waals surface area (Å²) in [6.45, 7) is 3.73. The van der Waals surface area contributed by atoms with Gasteiger partial charge in [0.25, 0.3) is 5.91 Å². The summed E-state index contributed by atoms with van der Waals surface area (Å²) in [4.78, 5) is 14.1. The number of fused-ring (bicyclic) bond motifs is 1. The molecule has 0 bridgehead atoms. The molecule has 1 amide bonds. The van der Waals surface area contributed by atoms with E-state index in [2.05, 4.69) is 5.16 Å². The maximum absolute atomic E-state index is 13.9. The number of carbonyl (C=O) groups excluding carboxylic acids is 1. The fourth-order valence-electron chi connectivity index (χ4n) is 2.75. The topological polar surface area (TPSA) is 46.3 Å². The molecular formula is C15H14F2N2O2. The average Bonchev–Trinajstić information content (AvgIpc) is 2.77. The number of aromatic nitrogens is 1. The van der Waals surface area contributed by atoms with E-state index in [1.165, 1.54) is 11.0 Å². The molecule has 1 aliphatic rings. The minimum absolute atomic E-state index is 0.295. The monoisotopic (exact) mass is 292 g/mol. The third-order valence-electron chi connectivity index (χ3n) is 3.73. The van der Waals surface area contributed by atoms with Gasteiger partial charge < -0.3 is 9.42 Å². The van der Waals surface area contributed by atoms with E-state index < -0.39 is 11.6 Å². The molecule has 21 heavy (non-hydrogen) atoms. The SMILES string of the molecule is Cc1noc(C)c1C(=O)N1CCCc2c(F)cc(F)cc21. The average molecular weight is 292 g/mol. The number of hydrogen-bond donors (Lipinski definition) is 0. The first-order valence-electron chi connectivity index (χ1n) is 6.71. The molecule has 4 nitrogen and oxygen atoms in total. The Hall–Kier alpha value is -2.24. The van der Waals surface area contributed by atoms with Crippen molar-refractivity contribution in [2.24, 2.45) is 0 Å². The number of hydrogen-bond acceptors (Lipinski definition) is 3. The van der Waals surface area contributed by atoms with Crippen molar-refractivity contribution in [2.45, 2.75) is 26.7 Å². The van der Waals surface area contributed by atoms with E-state index in [-0.39, 0.29) is 5.91 Å². The molecule has 0 saturated carbocycles. The smallest absolute Gasteiger partial charge is 0.263 e. The van der Waals surface area contributed by atoms with Gasteiger partial charge in [-0.05, 0) is 32.8 Å². The number of carbonyl (C=O) groups is 1. The van der Waals surface area contributed by atoms with E-state index in [9.17, 15) is 13.6 Å². The van der Waals surface area contributed by atoms with Crippen LogP contribution in [0.3, 0.4) is 0 Å². The summed E-state index contributed by atoms with van der Waals surface area (Å²) in [5, 5.41) is 3.75. The standard InChI is InChI=1S/C15H14F2N2O2/c1-8-14(9(2)21-18-8)15(20)19-5-3-4-11-12(17)6-10(16)7-13(11)19/h6-7H,3-5H2,1-2H3. The van der Waals surface area contributed by atoms with Gasteiger partial charge in [0.1, 0.15) is 23.0 Å². The number of amides is 1. The molecule has 0 unspecified atom stereocenters. The zero-order valence-electron chi connectivity index (χ0n) is 11.7. The molecule has 6 heteroatoms. The van der Waals surface area contributed by atoms with Crippen molar-refractivity contribution in [1.29, 1.82) is 0 Å². The van der Waals surface area contributed by atoms with Gasteiger partial charge in [-0.1, -0.05) is 5.16 Å². The van der Waals surface area contributed by atoms with Crippen molar-refractivity contribution in [2.75, 3.05) is 11.4 Å². The first-order chi connectivity index (χ1) is 9.99. The summed E-state index contributed by atoms with van der Waals surface area (Å²) >= 11 is 0. The molecule has 0 saturated heterocycles. The second-order valence-electron chi connectivity index (χ2n) is 5.14. The fourth-order valence-corrected chi connectivity index (χ4v) is 2.75. The largest absolute Gasteiger partial charge is 0.361 e. The van der Waals surface area contributed by atoms with Gasteiger partial charge in [0.15, 0.2) is 0 Å². The summed E-state index contributed by atoms with van der Waals surface area (Å²) in [7, 11) is 0. The minimum atomic E-state index is -0.690. The third-order valence-corrected chi connectivity index (χ3v) is 3.73. The molecule has 1 aliphatic heterocycles. The van der Waals surface area contributed by atoms with Gasteiger partial charge in [-0.2, -0.15) is 0 Å². The van der Waals surface area contributed by atoms with Crippen LogP contribution in [-0.4, -0.2) is 17.6 Å². The lowest BCUT2D eigenvalue weighted by Gasteiger charge is -2.29. The van der Waals surface area contributed by atoms with Gasteiger partial charge >= 0.3 is 0 Å². The Morgan fingerprint density at radius 2 is 2.10 bits per heavy atom. The summed E-state index contributed by atoms with van der Waals surface area (Å²) < 4.78 is 32.3. The molecule has 1 aromatic carbocycles. The molecule has 110 valence electrons. The van der Waals surface area contributed by atoms with Gasteiger partial charge in [0.2, 0.25) is 0 Å². The van der Waals surface area contributed by atoms with E-state index >= 15 is 0 Å². The molecule has 0 spiro atoms. The lowest BCUT2D eigenvalue weighted by Crippen LogP contribution is -2.36. The van der Waals surface area contributed by atoms with Crippen molar-refractivity contribution in [1.82, 2.24) is 5.16 Å². The van der Waals surface area contributed by atoms with Gasteiger partial charge in [0.05, 0.1) is 11.4 Å². The third kappa shape index (κ3) is 2.20. The van der Waals surface area contributed by atoms with Crippen molar-refractivity contribution in [3.8, 4) is 0 Å². The lowest BCUT2D eigenvalue weighted by molar-refractivity contribution is 0.0983. The highest BCUT2D eigenvalue weighted by Gasteiger charge is 2.29. The van der Waals surface area contributed by atoms with Crippen molar-refractivity contribution in [3.63, 3.8) is 0 Å². The Morgan fingerprint density at radius 1 is 1.33 bits per heavy atom. The van der Waals surface area contributed by atoms with Gasteiger partial charge in [0, 0.05) is 18.2 Å². The van der Waals surface area contributed by atoms with Crippen LogP contribution in [0.25, 0.3) is 0 Å². The van der Waals surface area contributed by atoms with E-state index in [0.717, 1.165) is 6.07 Å². The summed E-state index contributed by atoms with van der Waals surface area (Å²) in [6.07, 6.45) is 1.12. The molecule has 0 fully saturated rings. The zero-order valence-corrected chi connectivity index (χ0v) is 11.7. The number of benzene rings is 1. The number of anilines is 1. The number of nitrogens with zero attached hydrogens (tertiary/aromatic N) is 2. The first kappa shape index (κ1) is 13.7. The van der Waals surface area contributed by atoms with E-state index in [1.54, 1.807) is 13.8 Å². The van der Waals surface area contributed by atoms with Crippen LogP contribution in [0.4, 0.5) is 14.5 Å². The predicted molar refractivity (Wildman–Crippen MR) is 72.3 cm³/mol. The van der Waals surface area contributed by atoms with Gasteiger partial charge in [-0.15, -0.1) is 0 Å². The predicted octanol–water partition coefficient (Wildman–Crippen LogP) is 3.16. The quantitative estimate of drug-likeness (QED) is 0.811. The highest BCUT2D eigenvalue weighted by atomic mass is 19.1. The lowest BCUT2D eigenvalue weighted by atomic mass is 9.99. The molecule has 1 aromatic heterocycles. The Balaban J connectivity index is 2.08. The first-order valence-corrected chi connectivity index (χ1v) is 6.71. The van der Waals surface area contributed by atoms with Crippen LogP contribution in [0.1, 0.15) is 33.8 Å². The highest BCUT2D eigenvalue weighted by Crippen LogP contribution is 2.32. The van der Waals surface area contributed by atoms with E-state index in [4.69, 9.17) is 4.52 Å². The molecule has 0 radical (unpaired) electrons. The van der Waals surface area contributed by atoms with E-state index in [0.29, 0.717) is 47.7 Å². The second-order valence-corrected chi connectivity index (χ2v) is 5.14. The second kappa shape index (κ2) is 4.95. The van der Waals surface area contributed by atoms with Crippen LogP contribution in [-0.2, 0) is 6.42 Å². The Morgan fingerprint density at radius 3 is 2.76 bits per heavy atom. The van der Waals surface area contributed by atoms with Gasteiger partial charge in [-0.25, -0.2) is 8.78 Å². The number of halogens is 2. The van der Waals surface area contributed by atoms with Crippen LogP contribution >= 0.6 is 0 Å². The van der Waals surface area contributed by atoms with Gasteiger partial charge in [-0.3, -0.25) is 4.79 Å². The molecule has 3 rings (SSSR count). The van der Waals surface area contributed by atoms with Crippen LogP contribution in [0, 0.1) is 25.5 Å².